The van der Waals surface area contributed by atoms with Crippen LogP contribution in [-0.4, -0.2) is 16.5 Å². The molecule has 0 radical (unpaired) electrons. The van der Waals surface area contributed by atoms with Crippen molar-refractivity contribution in [2.75, 3.05) is 11.9 Å². The predicted molar refractivity (Wildman–Crippen MR) is 90.5 cm³/mol. The van der Waals surface area contributed by atoms with Crippen molar-refractivity contribution in [2.24, 2.45) is 0 Å². The maximum absolute atomic E-state index is 5.92. The van der Waals surface area contributed by atoms with E-state index in [4.69, 9.17) is 11.6 Å². The molecular formula is C16H20ClN3S. The maximum Gasteiger partial charge on any atom is 0.137 e. The Morgan fingerprint density at radius 2 is 1.81 bits per heavy atom. The smallest absolute Gasteiger partial charge is 0.137 e. The molecule has 0 spiro atoms. The van der Waals surface area contributed by atoms with Gasteiger partial charge in [0.25, 0.3) is 0 Å². The van der Waals surface area contributed by atoms with E-state index in [1.165, 1.54) is 0 Å². The lowest BCUT2D eigenvalue weighted by molar-refractivity contribution is 0.539. The molecule has 0 saturated carbocycles. The molecule has 0 aliphatic heterocycles. The SMILES string of the molecule is CCNc1cc(Sc2ccc(Cl)cc2)nc(C(C)(C)C)n1. The average Bonchev–Trinajstić information content (AvgIpc) is 2.41. The molecule has 1 aromatic carbocycles. The fourth-order valence-corrected chi connectivity index (χ4v) is 2.65. The summed E-state index contributed by atoms with van der Waals surface area (Å²) in [5.41, 5.74) is -0.0826. The normalized spacial score (nSPS) is 11.5. The fraction of sp³-hybridized carbons (Fsp3) is 0.375. The van der Waals surface area contributed by atoms with Crippen molar-refractivity contribution in [3.63, 3.8) is 0 Å². The van der Waals surface area contributed by atoms with E-state index in [9.17, 15) is 0 Å². The van der Waals surface area contributed by atoms with E-state index in [0.717, 1.165) is 33.1 Å². The zero-order valence-electron chi connectivity index (χ0n) is 12.8. The van der Waals surface area contributed by atoms with Crippen LogP contribution in [0.1, 0.15) is 33.5 Å². The van der Waals surface area contributed by atoms with Crippen LogP contribution in [0.2, 0.25) is 5.02 Å². The molecular weight excluding hydrogens is 302 g/mol. The van der Waals surface area contributed by atoms with Crippen LogP contribution in [0.25, 0.3) is 0 Å². The number of anilines is 1. The van der Waals surface area contributed by atoms with E-state index in [-0.39, 0.29) is 5.41 Å². The molecule has 21 heavy (non-hydrogen) atoms. The lowest BCUT2D eigenvalue weighted by Gasteiger charge is -2.18. The second-order valence-corrected chi connectivity index (χ2v) is 7.28. The van der Waals surface area contributed by atoms with E-state index >= 15 is 0 Å². The molecule has 1 heterocycles. The quantitative estimate of drug-likeness (QED) is 0.803. The average molecular weight is 322 g/mol. The van der Waals surface area contributed by atoms with Crippen LogP contribution in [0.4, 0.5) is 5.82 Å². The van der Waals surface area contributed by atoms with Gasteiger partial charge in [0, 0.05) is 27.9 Å². The van der Waals surface area contributed by atoms with Crippen LogP contribution in [0, 0.1) is 0 Å². The van der Waals surface area contributed by atoms with Crippen LogP contribution in [0.3, 0.4) is 0 Å². The van der Waals surface area contributed by atoms with Crippen LogP contribution < -0.4 is 5.32 Å². The van der Waals surface area contributed by atoms with Crippen molar-refractivity contribution >= 4 is 29.2 Å². The van der Waals surface area contributed by atoms with Gasteiger partial charge in [0.05, 0.1) is 0 Å². The minimum atomic E-state index is -0.0826. The predicted octanol–water partition coefficient (Wildman–Crippen LogP) is 5.01. The van der Waals surface area contributed by atoms with Crippen molar-refractivity contribution < 1.29 is 0 Å². The summed E-state index contributed by atoms with van der Waals surface area (Å²) >= 11 is 7.54. The van der Waals surface area contributed by atoms with Crippen LogP contribution in [0.15, 0.2) is 40.3 Å². The van der Waals surface area contributed by atoms with Gasteiger partial charge in [-0.2, -0.15) is 0 Å². The Bertz CT molecular complexity index is 606. The van der Waals surface area contributed by atoms with Crippen LogP contribution in [-0.2, 0) is 5.41 Å². The first-order valence-electron chi connectivity index (χ1n) is 6.95. The molecule has 0 amide bonds. The number of rotatable bonds is 4. The first-order chi connectivity index (χ1) is 9.88. The van der Waals surface area contributed by atoms with E-state index in [1.807, 2.05) is 30.3 Å². The van der Waals surface area contributed by atoms with Crippen molar-refractivity contribution in [3.05, 3.63) is 41.2 Å². The molecule has 0 bridgehead atoms. The number of benzene rings is 1. The third-order valence-electron chi connectivity index (χ3n) is 2.77. The van der Waals surface area contributed by atoms with Crippen LogP contribution >= 0.6 is 23.4 Å². The summed E-state index contributed by atoms with van der Waals surface area (Å²) in [4.78, 5) is 10.4. The highest BCUT2D eigenvalue weighted by Crippen LogP contribution is 2.30. The van der Waals surface area contributed by atoms with Gasteiger partial charge in [0.2, 0.25) is 0 Å². The number of aromatic nitrogens is 2. The number of nitrogens with one attached hydrogen (secondary N) is 1. The summed E-state index contributed by atoms with van der Waals surface area (Å²) in [7, 11) is 0. The largest absolute Gasteiger partial charge is 0.370 e. The first-order valence-corrected chi connectivity index (χ1v) is 8.15. The Morgan fingerprint density at radius 1 is 1.14 bits per heavy atom. The maximum atomic E-state index is 5.92. The molecule has 3 nitrogen and oxygen atoms in total. The van der Waals surface area contributed by atoms with Gasteiger partial charge in [-0.05, 0) is 31.2 Å². The Balaban J connectivity index is 2.33. The molecule has 0 aliphatic carbocycles. The molecule has 0 aliphatic rings. The molecule has 0 saturated heterocycles. The highest BCUT2D eigenvalue weighted by Gasteiger charge is 2.19. The minimum Gasteiger partial charge on any atom is -0.370 e. The van der Waals surface area contributed by atoms with E-state index in [2.05, 4.69) is 43.0 Å². The van der Waals surface area contributed by atoms with Crippen molar-refractivity contribution in [1.82, 2.24) is 9.97 Å². The highest BCUT2D eigenvalue weighted by molar-refractivity contribution is 7.99. The van der Waals surface area contributed by atoms with Gasteiger partial charge in [-0.15, -0.1) is 0 Å². The molecule has 0 unspecified atom stereocenters. The van der Waals surface area contributed by atoms with Gasteiger partial charge in [-0.3, -0.25) is 0 Å². The number of hydrogen-bond donors (Lipinski definition) is 1. The van der Waals surface area contributed by atoms with Crippen LogP contribution in [0.5, 0.6) is 0 Å². The summed E-state index contributed by atoms with van der Waals surface area (Å²) in [5, 5.41) is 4.95. The fourth-order valence-electron chi connectivity index (χ4n) is 1.71. The summed E-state index contributed by atoms with van der Waals surface area (Å²) in [6, 6.07) is 9.76. The second kappa shape index (κ2) is 6.67. The summed E-state index contributed by atoms with van der Waals surface area (Å²) in [5.74, 6) is 1.71. The number of nitrogens with zero attached hydrogens (tertiary/aromatic N) is 2. The topological polar surface area (TPSA) is 37.8 Å². The lowest BCUT2D eigenvalue weighted by atomic mass is 9.96. The van der Waals surface area contributed by atoms with Crippen molar-refractivity contribution in [1.29, 1.82) is 0 Å². The van der Waals surface area contributed by atoms with E-state index < -0.39 is 0 Å². The Hall–Kier alpha value is -1.26. The first kappa shape index (κ1) is 16.1. The number of halogens is 1. The van der Waals surface area contributed by atoms with Crippen molar-refractivity contribution in [3.8, 4) is 0 Å². The molecule has 0 atom stereocenters. The molecule has 112 valence electrons. The van der Waals surface area contributed by atoms with Gasteiger partial charge in [0.1, 0.15) is 16.7 Å². The third kappa shape index (κ3) is 4.61. The molecule has 5 heteroatoms. The monoisotopic (exact) mass is 321 g/mol. The lowest BCUT2D eigenvalue weighted by Crippen LogP contribution is -2.17. The summed E-state index contributed by atoms with van der Waals surface area (Å²) in [6.45, 7) is 9.26. The molecule has 2 rings (SSSR count). The molecule has 2 aromatic rings. The third-order valence-corrected chi connectivity index (χ3v) is 3.95. The minimum absolute atomic E-state index is 0.0826. The van der Waals surface area contributed by atoms with Gasteiger partial charge in [-0.1, -0.05) is 44.1 Å². The zero-order chi connectivity index (χ0) is 15.5. The molecule has 0 fully saturated rings. The van der Waals surface area contributed by atoms with Gasteiger partial charge in [0.15, 0.2) is 0 Å². The Kier molecular flexibility index (Phi) is 5.12. The molecule has 1 aromatic heterocycles. The number of hydrogen-bond acceptors (Lipinski definition) is 4. The van der Waals surface area contributed by atoms with E-state index in [1.54, 1.807) is 11.8 Å². The van der Waals surface area contributed by atoms with Gasteiger partial charge >= 0.3 is 0 Å². The molecule has 1 N–H and O–H groups in total. The standard InChI is InChI=1S/C16H20ClN3S/c1-5-18-13-10-14(20-15(19-13)16(2,3)4)21-12-8-6-11(17)7-9-12/h6-10H,5H2,1-4H3,(H,18,19,20). The second-order valence-electron chi connectivity index (χ2n) is 5.75. The Labute approximate surface area is 135 Å². The highest BCUT2D eigenvalue weighted by atomic mass is 35.5. The van der Waals surface area contributed by atoms with Gasteiger partial charge < -0.3 is 5.32 Å². The van der Waals surface area contributed by atoms with Crippen molar-refractivity contribution in [2.45, 2.75) is 43.0 Å². The Morgan fingerprint density at radius 3 is 2.38 bits per heavy atom. The van der Waals surface area contributed by atoms with Gasteiger partial charge in [-0.25, -0.2) is 9.97 Å². The summed E-state index contributed by atoms with van der Waals surface area (Å²) < 4.78 is 0. The summed E-state index contributed by atoms with van der Waals surface area (Å²) in [6.07, 6.45) is 0. The zero-order valence-corrected chi connectivity index (χ0v) is 14.3. The van der Waals surface area contributed by atoms with E-state index in [0.29, 0.717) is 0 Å².